The zero-order chi connectivity index (χ0) is 19.4. The number of nitrogens with zero attached hydrogens (tertiary/aromatic N) is 1. The van der Waals surface area contributed by atoms with Gasteiger partial charge in [-0.2, -0.15) is 4.31 Å². The molecule has 1 aliphatic heterocycles. The van der Waals surface area contributed by atoms with E-state index < -0.39 is 10.0 Å². The Morgan fingerprint density at radius 3 is 2.44 bits per heavy atom. The van der Waals surface area contributed by atoms with Crippen LogP contribution in [0.5, 0.6) is 0 Å². The van der Waals surface area contributed by atoms with Gasteiger partial charge in [-0.15, -0.1) is 0 Å². The molecule has 0 bridgehead atoms. The van der Waals surface area contributed by atoms with Crippen LogP contribution in [0.15, 0.2) is 57.9 Å². The molecule has 1 heterocycles. The summed E-state index contributed by atoms with van der Waals surface area (Å²) in [7, 11) is -3.54. The van der Waals surface area contributed by atoms with Crippen molar-refractivity contribution in [3.63, 3.8) is 0 Å². The van der Waals surface area contributed by atoms with Gasteiger partial charge in [-0.05, 0) is 55.2 Å². The number of carbonyl (C=O) groups excluding carboxylic acids is 1. The third-order valence-electron chi connectivity index (χ3n) is 4.78. The van der Waals surface area contributed by atoms with E-state index in [1.807, 2.05) is 31.2 Å². The first kappa shape index (κ1) is 20.0. The highest BCUT2D eigenvalue weighted by atomic mass is 79.9. The van der Waals surface area contributed by atoms with E-state index in [4.69, 9.17) is 0 Å². The second-order valence-corrected chi connectivity index (χ2v) is 9.48. The lowest BCUT2D eigenvalue weighted by Gasteiger charge is -2.19. The van der Waals surface area contributed by atoms with Crippen molar-refractivity contribution in [2.45, 2.75) is 37.1 Å². The molecule has 0 saturated carbocycles. The van der Waals surface area contributed by atoms with Crippen molar-refractivity contribution < 1.29 is 13.2 Å². The molecule has 3 rings (SSSR count). The molecule has 1 fully saturated rings. The highest BCUT2D eigenvalue weighted by molar-refractivity contribution is 9.10. The number of sulfonamides is 1. The molecule has 0 aliphatic carbocycles. The first-order valence-electron chi connectivity index (χ1n) is 9.08. The predicted octanol–water partition coefficient (Wildman–Crippen LogP) is 4.11. The van der Waals surface area contributed by atoms with Crippen molar-refractivity contribution in [1.82, 2.24) is 9.62 Å². The normalized spacial score (nSPS) is 16.2. The molecular weight excluding hydrogens is 428 g/mol. The molecule has 0 aromatic heterocycles. The average molecular weight is 451 g/mol. The monoisotopic (exact) mass is 450 g/mol. The molecule has 7 heteroatoms. The summed E-state index contributed by atoms with van der Waals surface area (Å²) in [4.78, 5) is 12.9. The topological polar surface area (TPSA) is 66.5 Å². The Morgan fingerprint density at radius 1 is 1.15 bits per heavy atom. The van der Waals surface area contributed by atoms with Gasteiger partial charge >= 0.3 is 0 Å². The Labute approximate surface area is 169 Å². The van der Waals surface area contributed by atoms with E-state index in [2.05, 4.69) is 21.2 Å². The summed E-state index contributed by atoms with van der Waals surface area (Å²) in [6.07, 6.45) is 2.49. The van der Waals surface area contributed by atoms with Crippen LogP contribution < -0.4 is 5.32 Å². The maximum atomic E-state index is 12.7. The Morgan fingerprint density at radius 2 is 1.81 bits per heavy atom. The third-order valence-corrected chi connectivity index (χ3v) is 7.21. The fourth-order valence-corrected chi connectivity index (χ4v) is 5.06. The van der Waals surface area contributed by atoms with E-state index in [1.54, 1.807) is 18.2 Å². The van der Waals surface area contributed by atoms with E-state index >= 15 is 0 Å². The van der Waals surface area contributed by atoms with Crippen LogP contribution in [0.4, 0.5) is 0 Å². The predicted molar refractivity (Wildman–Crippen MR) is 109 cm³/mol. The van der Waals surface area contributed by atoms with Crippen LogP contribution in [0.2, 0.25) is 0 Å². The lowest BCUT2D eigenvalue weighted by Crippen LogP contribution is -2.30. The van der Waals surface area contributed by atoms with Crippen LogP contribution in [0, 0.1) is 0 Å². The average Bonchev–Trinajstić information content (AvgIpc) is 3.22. The van der Waals surface area contributed by atoms with Gasteiger partial charge in [0.15, 0.2) is 0 Å². The molecular formula is C20H23BrN2O3S. The molecule has 5 nitrogen and oxygen atoms in total. The van der Waals surface area contributed by atoms with Gasteiger partial charge < -0.3 is 5.32 Å². The van der Waals surface area contributed by atoms with Crippen LogP contribution >= 0.6 is 15.9 Å². The second-order valence-electron chi connectivity index (χ2n) is 6.62. The maximum absolute atomic E-state index is 12.7. The Bertz CT molecular complexity index is 907. The molecule has 27 heavy (non-hydrogen) atoms. The Balaban J connectivity index is 1.79. The lowest BCUT2D eigenvalue weighted by atomic mass is 10.0. The minimum Gasteiger partial charge on any atom is -0.345 e. The van der Waals surface area contributed by atoms with E-state index in [0.29, 0.717) is 18.7 Å². The van der Waals surface area contributed by atoms with Gasteiger partial charge in [0.1, 0.15) is 0 Å². The minimum atomic E-state index is -3.54. The van der Waals surface area contributed by atoms with Crippen LogP contribution in [0.25, 0.3) is 0 Å². The van der Waals surface area contributed by atoms with Crippen molar-refractivity contribution in [2.75, 3.05) is 13.1 Å². The molecule has 1 atom stereocenters. The fourth-order valence-electron chi connectivity index (χ4n) is 3.23. The number of nitrogens with one attached hydrogen (secondary N) is 1. The molecule has 1 aliphatic rings. The number of benzene rings is 2. The number of carbonyl (C=O) groups is 1. The summed E-state index contributed by atoms with van der Waals surface area (Å²) in [5, 5.41) is 3.00. The van der Waals surface area contributed by atoms with E-state index in [0.717, 1.165) is 29.3 Å². The van der Waals surface area contributed by atoms with E-state index in [-0.39, 0.29) is 16.8 Å². The number of hydrogen-bond donors (Lipinski definition) is 1. The molecule has 2 aromatic carbocycles. The van der Waals surface area contributed by atoms with E-state index in [1.165, 1.54) is 10.4 Å². The smallest absolute Gasteiger partial charge is 0.251 e. The summed E-state index contributed by atoms with van der Waals surface area (Å²) < 4.78 is 27.9. The summed E-state index contributed by atoms with van der Waals surface area (Å²) >= 11 is 3.41. The summed E-state index contributed by atoms with van der Waals surface area (Å²) in [5.41, 5.74) is 1.36. The SMILES string of the molecule is CCC(NC(=O)c1cccc(S(=O)(=O)N2CCCC2)c1)c1ccc(Br)cc1. The first-order valence-corrected chi connectivity index (χ1v) is 11.3. The van der Waals surface area contributed by atoms with Crippen molar-refractivity contribution in [2.24, 2.45) is 0 Å². The second kappa shape index (κ2) is 8.54. The molecule has 1 amide bonds. The number of halogens is 1. The summed E-state index contributed by atoms with van der Waals surface area (Å²) in [6, 6.07) is 14.0. The van der Waals surface area contributed by atoms with Crippen LogP contribution in [-0.2, 0) is 10.0 Å². The van der Waals surface area contributed by atoms with Gasteiger partial charge in [0.25, 0.3) is 5.91 Å². The Hall–Kier alpha value is -1.70. The van der Waals surface area contributed by atoms with Crippen molar-refractivity contribution in [3.05, 3.63) is 64.1 Å². The van der Waals surface area contributed by atoms with Gasteiger partial charge in [-0.3, -0.25) is 4.79 Å². The number of hydrogen-bond acceptors (Lipinski definition) is 3. The summed E-state index contributed by atoms with van der Waals surface area (Å²) in [6.45, 7) is 3.09. The van der Waals surface area contributed by atoms with Gasteiger partial charge in [0.2, 0.25) is 10.0 Å². The standard InChI is InChI=1S/C20H23BrN2O3S/c1-2-19(15-8-10-17(21)11-9-15)22-20(24)16-6-5-7-18(14-16)27(25,26)23-12-3-4-13-23/h5-11,14,19H,2-4,12-13H2,1H3,(H,22,24). The fraction of sp³-hybridized carbons (Fsp3) is 0.350. The van der Waals surface area contributed by atoms with Gasteiger partial charge in [0, 0.05) is 23.1 Å². The largest absolute Gasteiger partial charge is 0.345 e. The molecule has 1 unspecified atom stereocenters. The highest BCUT2D eigenvalue weighted by Crippen LogP contribution is 2.23. The number of rotatable bonds is 6. The number of amides is 1. The molecule has 0 spiro atoms. The Kier molecular flexibility index (Phi) is 6.34. The zero-order valence-electron chi connectivity index (χ0n) is 15.2. The maximum Gasteiger partial charge on any atom is 0.251 e. The van der Waals surface area contributed by atoms with Gasteiger partial charge in [0.05, 0.1) is 10.9 Å². The molecule has 1 N–H and O–H groups in total. The van der Waals surface area contributed by atoms with Crippen molar-refractivity contribution in [1.29, 1.82) is 0 Å². The zero-order valence-corrected chi connectivity index (χ0v) is 17.6. The van der Waals surface area contributed by atoms with Crippen LogP contribution in [0.1, 0.15) is 48.1 Å². The molecule has 1 saturated heterocycles. The highest BCUT2D eigenvalue weighted by Gasteiger charge is 2.27. The minimum absolute atomic E-state index is 0.135. The van der Waals surface area contributed by atoms with Crippen molar-refractivity contribution in [3.8, 4) is 0 Å². The summed E-state index contributed by atoms with van der Waals surface area (Å²) in [5.74, 6) is -0.275. The quantitative estimate of drug-likeness (QED) is 0.719. The first-order chi connectivity index (χ1) is 12.9. The van der Waals surface area contributed by atoms with Crippen molar-refractivity contribution >= 4 is 31.9 Å². The molecule has 144 valence electrons. The van der Waals surface area contributed by atoms with E-state index in [9.17, 15) is 13.2 Å². The molecule has 2 aromatic rings. The van der Waals surface area contributed by atoms with Gasteiger partial charge in [-0.1, -0.05) is 41.1 Å². The molecule has 0 radical (unpaired) electrons. The van der Waals surface area contributed by atoms with Crippen LogP contribution in [0.3, 0.4) is 0 Å². The van der Waals surface area contributed by atoms with Gasteiger partial charge in [-0.25, -0.2) is 8.42 Å². The third kappa shape index (κ3) is 4.59. The lowest BCUT2D eigenvalue weighted by molar-refractivity contribution is 0.0935. The van der Waals surface area contributed by atoms with Crippen LogP contribution in [-0.4, -0.2) is 31.7 Å².